The van der Waals surface area contributed by atoms with Gasteiger partial charge in [0.25, 0.3) is 0 Å². The molecule has 1 aromatic carbocycles. The minimum atomic E-state index is -0.249. The quantitative estimate of drug-likeness (QED) is 0.742. The number of nitrogens with one attached hydrogen (secondary N) is 1. The molecule has 2 aromatic heterocycles. The number of anilines is 2. The lowest BCUT2D eigenvalue weighted by Crippen LogP contribution is -2.55. The molecule has 3 aromatic rings. The van der Waals surface area contributed by atoms with Gasteiger partial charge in [-0.1, -0.05) is 25.1 Å². The van der Waals surface area contributed by atoms with Crippen molar-refractivity contribution >= 4 is 29.1 Å². The molecule has 1 aliphatic rings. The summed E-state index contributed by atoms with van der Waals surface area (Å²) in [5, 5.41) is 0. The third-order valence-electron chi connectivity index (χ3n) is 4.77. The first-order valence-electron chi connectivity index (χ1n) is 8.65. The Kier molecular flexibility index (Phi) is 4.09. The summed E-state index contributed by atoms with van der Waals surface area (Å²) in [7, 11) is 0. The van der Waals surface area contributed by atoms with Gasteiger partial charge in [-0.25, -0.2) is 9.97 Å². The average molecular weight is 335 g/mol. The molecule has 1 saturated heterocycles. The van der Waals surface area contributed by atoms with Crippen LogP contribution in [0.3, 0.4) is 0 Å². The Hall–Kier alpha value is -2.89. The van der Waals surface area contributed by atoms with Crippen LogP contribution in [0, 0.1) is 0 Å². The second-order valence-electron chi connectivity index (χ2n) is 6.26. The second kappa shape index (κ2) is 6.55. The van der Waals surface area contributed by atoms with E-state index in [0.29, 0.717) is 6.54 Å². The van der Waals surface area contributed by atoms with E-state index >= 15 is 0 Å². The van der Waals surface area contributed by atoms with Gasteiger partial charge >= 0.3 is 0 Å². The molecule has 0 saturated carbocycles. The van der Waals surface area contributed by atoms with Crippen LogP contribution in [0.25, 0.3) is 11.0 Å². The molecule has 0 radical (unpaired) electrons. The lowest BCUT2D eigenvalue weighted by Gasteiger charge is -2.40. The standard InChI is InChI=1S/C19H21N5O/c1-2-14-6-5-9-20-18(14)23-10-11-24(15(12-23)13-25)19-21-16-7-3-4-8-17(16)22-19/h3-9,13,15H,2,10-12H2,1H3,(H,21,22). The van der Waals surface area contributed by atoms with Crippen LogP contribution in [0.1, 0.15) is 12.5 Å². The number of pyridine rings is 1. The molecule has 6 nitrogen and oxygen atoms in total. The molecule has 0 aliphatic carbocycles. The number of rotatable bonds is 4. The molecule has 1 aliphatic heterocycles. The molecule has 1 fully saturated rings. The predicted octanol–water partition coefficient (Wildman–Crippen LogP) is 2.41. The predicted molar refractivity (Wildman–Crippen MR) is 99.1 cm³/mol. The van der Waals surface area contributed by atoms with Crippen LogP contribution in [-0.2, 0) is 11.2 Å². The summed E-state index contributed by atoms with van der Waals surface area (Å²) >= 11 is 0. The first kappa shape index (κ1) is 15.6. The van der Waals surface area contributed by atoms with Gasteiger partial charge in [-0.3, -0.25) is 0 Å². The van der Waals surface area contributed by atoms with E-state index in [1.165, 1.54) is 5.56 Å². The Labute approximate surface area is 146 Å². The van der Waals surface area contributed by atoms with E-state index in [1.54, 1.807) is 0 Å². The zero-order chi connectivity index (χ0) is 17.2. The highest BCUT2D eigenvalue weighted by Gasteiger charge is 2.30. The fourth-order valence-corrected chi connectivity index (χ4v) is 3.45. The van der Waals surface area contributed by atoms with Crippen molar-refractivity contribution in [1.29, 1.82) is 0 Å². The van der Waals surface area contributed by atoms with Gasteiger partial charge in [0, 0.05) is 25.8 Å². The maximum absolute atomic E-state index is 11.8. The van der Waals surface area contributed by atoms with Crippen molar-refractivity contribution in [2.24, 2.45) is 0 Å². The Morgan fingerprint density at radius 2 is 2.12 bits per heavy atom. The Morgan fingerprint density at radius 3 is 2.92 bits per heavy atom. The highest BCUT2D eigenvalue weighted by molar-refractivity contribution is 5.78. The highest BCUT2D eigenvalue weighted by Crippen LogP contribution is 2.25. The average Bonchev–Trinajstić information content (AvgIpc) is 3.11. The zero-order valence-electron chi connectivity index (χ0n) is 14.2. The van der Waals surface area contributed by atoms with Gasteiger partial charge in [0.1, 0.15) is 18.1 Å². The summed E-state index contributed by atoms with van der Waals surface area (Å²) in [5.41, 5.74) is 3.12. The molecule has 1 unspecified atom stereocenters. The van der Waals surface area contributed by atoms with E-state index < -0.39 is 0 Å². The SMILES string of the molecule is CCc1cccnc1N1CCN(c2nc3ccccc3[nH]2)C(C=O)C1. The lowest BCUT2D eigenvalue weighted by atomic mass is 10.1. The van der Waals surface area contributed by atoms with E-state index in [2.05, 4.69) is 37.7 Å². The van der Waals surface area contributed by atoms with Gasteiger partial charge in [-0.2, -0.15) is 0 Å². The number of aldehydes is 1. The molecule has 6 heteroatoms. The lowest BCUT2D eigenvalue weighted by molar-refractivity contribution is -0.109. The van der Waals surface area contributed by atoms with Crippen molar-refractivity contribution in [1.82, 2.24) is 15.0 Å². The number of carbonyl (C=O) groups excluding carboxylic acids is 1. The van der Waals surface area contributed by atoms with E-state index in [1.807, 2.05) is 36.5 Å². The first-order valence-corrected chi connectivity index (χ1v) is 8.65. The van der Waals surface area contributed by atoms with E-state index in [9.17, 15) is 4.79 Å². The highest BCUT2D eigenvalue weighted by atomic mass is 16.1. The molecule has 4 rings (SSSR count). The molecular weight excluding hydrogens is 314 g/mol. The topological polar surface area (TPSA) is 65.1 Å². The summed E-state index contributed by atoms with van der Waals surface area (Å²) in [5.74, 6) is 1.75. The van der Waals surface area contributed by atoms with E-state index in [-0.39, 0.29) is 6.04 Å². The van der Waals surface area contributed by atoms with Crippen molar-refractivity contribution in [2.45, 2.75) is 19.4 Å². The number of carbonyl (C=O) groups is 1. The number of benzene rings is 1. The molecule has 1 N–H and O–H groups in total. The molecule has 128 valence electrons. The van der Waals surface area contributed by atoms with E-state index in [4.69, 9.17) is 0 Å². The molecule has 0 spiro atoms. The van der Waals surface area contributed by atoms with Gasteiger partial charge in [0.15, 0.2) is 0 Å². The fourth-order valence-electron chi connectivity index (χ4n) is 3.45. The number of fused-ring (bicyclic) bond motifs is 1. The minimum absolute atomic E-state index is 0.249. The number of nitrogens with zero attached hydrogens (tertiary/aromatic N) is 4. The number of hydrogen-bond acceptors (Lipinski definition) is 5. The van der Waals surface area contributed by atoms with Crippen molar-refractivity contribution < 1.29 is 4.79 Å². The third kappa shape index (κ3) is 2.84. The molecule has 0 bridgehead atoms. The van der Waals surface area contributed by atoms with Crippen LogP contribution in [0.15, 0.2) is 42.6 Å². The summed E-state index contributed by atoms with van der Waals surface area (Å²) in [6.07, 6.45) is 3.75. The van der Waals surface area contributed by atoms with Crippen molar-refractivity contribution in [3.63, 3.8) is 0 Å². The van der Waals surface area contributed by atoms with Gasteiger partial charge in [0.05, 0.1) is 11.0 Å². The number of H-pyrrole nitrogens is 1. The summed E-state index contributed by atoms with van der Waals surface area (Å²) in [6, 6.07) is 11.7. The number of para-hydroxylation sites is 2. The van der Waals surface area contributed by atoms with Crippen LogP contribution in [0.5, 0.6) is 0 Å². The van der Waals surface area contributed by atoms with Crippen molar-refractivity contribution in [3.05, 3.63) is 48.2 Å². The van der Waals surface area contributed by atoms with Crippen molar-refractivity contribution in [3.8, 4) is 0 Å². The van der Waals surface area contributed by atoms with Crippen LogP contribution < -0.4 is 9.80 Å². The summed E-state index contributed by atoms with van der Waals surface area (Å²) in [6.45, 7) is 4.28. The van der Waals surface area contributed by atoms with Gasteiger partial charge in [0.2, 0.25) is 5.95 Å². The Morgan fingerprint density at radius 1 is 1.24 bits per heavy atom. The molecular formula is C19H21N5O. The Bertz CT molecular complexity index is 857. The van der Waals surface area contributed by atoms with E-state index in [0.717, 1.165) is 48.6 Å². The monoisotopic (exact) mass is 335 g/mol. The van der Waals surface area contributed by atoms with Crippen LogP contribution in [0.4, 0.5) is 11.8 Å². The van der Waals surface area contributed by atoms with Crippen LogP contribution >= 0.6 is 0 Å². The van der Waals surface area contributed by atoms with Gasteiger partial charge < -0.3 is 19.6 Å². The molecule has 25 heavy (non-hydrogen) atoms. The number of aromatic nitrogens is 3. The van der Waals surface area contributed by atoms with Crippen molar-refractivity contribution in [2.75, 3.05) is 29.4 Å². The summed E-state index contributed by atoms with van der Waals surface area (Å²) < 4.78 is 0. The number of aryl methyl sites for hydroxylation is 1. The number of piperazine rings is 1. The smallest absolute Gasteiger partial charge is 0.204 e. The maximum Gasteiger partial charge on any atom is 0.204 e. The maximum atomic E-state index is 11.8. The number of hydrogen-bond donors (Lipinski definition) is 1. The van der Waals surface area contributed by atoms with Gasteiger partial charge in [-0.05, 0) is 30.2 Å². The second-order valence-corrected chi connectivity index (χ2v) is 6.26. The number of aromatic amines is 1. The van der Waals surface area contributed by atoms with Crippen LogP contribution in [0.2, 0.25) is 0 Å². The number of imidazole rings is 1. The molecule has 0 amide bonds. The zero-order valence-corrected chi connectivity index (χ0v) is 14.2. The van der Waals surface area contributed by atoms with Gasteiger partial charge in [-0.15, -0.1) is 0 Å². The fraction of sp³-hybridized carbons (Fsp3) is 0.316. The normalized spacial score (nSPS) is 17.9. The first-order chi connectivity index (χ1) is 12.3. The minimum Gasteiger partial charge on any atom is -0.352 e. The molecule has 3 heterocycles. The van der Waals surface area contributed by atoms with Crippen LogP contribution in [-0.4, -0.2) is 46.9 Å². The molecule has 1 atom stereocenters. The third-order valence-corrected chi connectivity index (χ3v) is 4.77. The Balaban J connectivity index is 1.60. The summed E-state index contributed by atoms with van der Waals surface area (Å²) in [4.78, 5) is 28.5. The largest absolute Gasteiger partial charge is 0.352 e.